The predicted molar refractivity (Wildman–Crippen MR) is 161 cm³/mol. The van der Waals surface area contributed by atoms with E-state index in [0.717, 1.165) is 66.3 Å². The van der Waals surface area contributed by atoms with Gasteiger partial charge in [-0.25, -0.2) is 4.98 Å². The van der Waals surface area contributed by atoms with Crippen molar-refractivity contribution in [2.24, 2.45) is 0 Å². The van der Waals surface area contributed by atoms with E-state index in [4.69, 9.17) is 4.42 Å². The Morgan fingerprint density at radius 1 is 0.625 bits per heavy atom. The van der Waals surface area contributed by atoms with Crippen LogP contribution >= 0.6 is 0 Å². The largest absolute Gasteiger partial charge is 0.455 e. The highest BCUT2D eigenvalue weighted by molar-refractivity contribution is 6.24. The van der Waals surface area contributed by atoms with Gasteiger partial charge in [-0.2, -0.15) is 5.26 Å². The summed E-state index contributed by atoms with van der Waals surface area (Å²) in [6.45, 7) is 0. The number of para-hydroxylation sites is 3. The van der Waals surface area contributed by atoms with Gasteiger partial charge in [-0.1, -0.05) is 78.9 Å². The van der Waals surface area contributed by atoms with Gasteiger partial charge in [0.2, 0.25) is 0 Å². The van der Waals surface area contributed by atoms with Crippen molar-refractivity contribution in [3.8, 4) is 34.0 Å². The van der Waals surface area contributed by atoms with Gasteiger partial charge in [-0.15, -0.1) is 0 Å². The second kappa shape index (κ2) is 8.69. The molecule has 3 aromatic heterocycles. The van der Waals surface area contributed by atoms with Crippen molar-refractivity contribution in [1.82, 2.24) is 9.55 Å². The zero-order valence-corrected chi connectivity index (χ0v) is 21.4. The van der Waals surface area contributed by atoms with Crippen molar-refractivity contribution in [3.63, 3.8) is 0 Å². The highest BCUT2D eigenvalue weighted by atomic mass is 16.3. The number of hydrogen-bond donors (Lipinski definition) is 0. The lowest BCUT2D eigenvalue weighted by Crippen LogP contribution is -1.97. The predicted octanol–water partition coefficient (Wildman–Crippen LogP) is 9.28. The first-order chi connectivity index (χ1) is 19.8. The molecule has 5 aromatic carbocycles. The molecule has 186 valence electrons. The van der Waals surface area contributed by atoms with E-state index in [1.807, 2.05) is 24.3 Å². The first kappa shape index (κ1) is 22.3. The van der Waals surface area contributed by atoms with Gasteiger partial charge in [-0.05, 0) is 59.2 Å². The Morgan fingerprint density at radius 2 is 1.38 bits per heavy atom. The van der Waals surface area contributed by atoms with Crippen LogP contribution in [0, 0.1) is 11.3 Å². The third-order valence-corrected chi connectivity index (χ3v) is 7.73. The maximum Gasteiger partial charge on any atom is 0.145 e. The van der Waals surface area contributed by atoms with E-state index in [2.05, 4.69) is 113 Å². The zero-order valence-electron chi connectivity index (χ0n) is 21.4. The quantitative estimate of drug-likeness (QED) is 0.237. The summed E-state index contributed by atoms with van der Waals surface area (Å²) in [5.41, 5.74) is 9.85. The number of rotatable bonds is 3. The van der Waals surface area contributed by atoms with Gasteiger partial charge in [0.15, 0.2) is 0 Å². The summed E-state index contributed by atoms with van der Waals surface area (Å²) in [5.74, 6) is 0. The highest BCUT2D eigenvalue weighted by Crippen LogP contribution is 2.42. The van der Waals surface area contributed by atoms with Crippen molar-refractivity contribution in [2.75, 3.05) is 0 Å². The van der Waals surface area contributed by atoms with E-state index in [-0.39, 0.29) is 0 Å². The number of furan rings is 1. The Morgan fingerprint density at radius 3 is 2.25 bits per heavy atom. The molecular weight excluding hydrogens is 490 g/mol. The molecule has 0 saturated heterocycles. The fraction of sp³-hybridized carbons (Fsp3) is 0. The van der Waals surface area contributed by atoms with Gasteiger partial charge < -0.3 is 8.98 Å². The second-order valence-corrected chi connectivity index (χ2v) is 9.92. The van der Waals surface area contributed by atoms with Gasteiger partial charge in [0.1, 0.15) is 22.9 Å². The summed E-state index contributed by atoms with van der Waals surface area (Å²) in [7, 11) is 0. The van der Waals surface area contributed by atoms with Crippen molar-refractivity contribution < 1.29 is 4.42 Å². The lowest BCUT2D eigenvalue weighted by Gasteiger charge is -2.14. The Kier molecular flexibility index (Phi) is 4.85. The van der Waals surface area contributed by atoms with Gasteiger partial charge >= 0.3 is 0 Å². The van der Waals surface area contributed by atoms with Gasteiger partial charge in [0, 0.05) is 27.9 Å². The van der Waals surface area contributed by atoms with E-state index in [1.165, 1.54) is 5.39 Å². The van der Waals surface area contributed by atoms with Crippen LogP contribution in [0.4, 0.5) is 0 Å². The normalized spacial score (nSPS) is 11.5. The minimum absolute atomic E-state index is 0.414. The average molecular weight is 512 g/mol. The Balaban J connectivity index is 1.35. The molecular formula is C36H21N3O. The fourth-order valence-electron chi connectivity index (χ4n) is 5.92. The summed E-state index contributed by atoms with van der Waals surface area (Å²) in [6, 6.07) is 44.1. The smallest absolute Gasteiger partial charge is 0.145 e. The monoisotopic (exact) mass is 511 g/mol. The van der Waals surface area contributed by atoms with Gasteiger partial charge in [-0.3, -0.25) is 0 Å². The molecule has 0 spiro atoms. The Hall–Kier alpha value is -5.66. The van der Waals surface area contributed by atoms with Crippen molar-refractivity contribution >= 4 is 43.7 Å². The van der Waals surface area contributed by atoms with E-state index in [1.54, 1.807) is 6.20 Å². The van der Waals surface area contributed by atoms with Crippen molar-refractivity contribution in [1.29, 1.82) is 5.26 Å². The molecule has 0 aliphatic rings. The van der Waals surface area contributed by atoms with Crippen molar-refractivity contribution in [2.45, 2.75) is 0 Å². The Labute approximate surface area is 230 Å². The molecule has 8 rings (SSSR count). The van der Waals surface area contributed by atoms with Crippen LogP contribution in [-0.4, -0.2) is 9.55 Å². The standard InChI is InChI=1S/C36H21N3O/c37-22-26-21-25(19-20-38-26)23-13-15-24(16-14-23)27-7-1-4-10-31(27)39-32-11-5-2-9-30(32)35-33(39)18-17-29-28-8-3-6-12-34(28)40-36(29)35/h1-21H. The van der Waals surface area contributed by atoms with Crippen molar-refractivity contribution in [3.05, 3.63) is 133 Å². The highest BCUT2D eigenvalue weighted by Gasteiger charge is 2.19. The maximum absolute atomic E-state index is 9.25. The molecule has 0 atom stereocenters. The van der Waals surface area contributed by atoms with Crippen LogP contribution in [0.5, 0.6) is 0 Å². The number of nitrogens with zero attached hydrogens (tertiary/aromatic N) is 3. The SMILES string of the molecule is N#Cc1cc(-c2ccc(-c3ccccc3-n3c4ccccc4c4c5oc6ccccc6c5ccc43)cc2)ccn1. The minimum Gasteiger partial charge on any atom is -0.455 e. The molecule has 4 heteroatoms. The molecule has 0 unspecified atom stereocenters. The molecule has 0 aliphatic heterocycles. The van der Waals surface area contributed by atoms with Crippen LogP contribution in [0.15, 0.2) is 132 Å². The molecule has 8 aromatic rings. The zero-order chi connectivity index (χ0) is 26.6. The number of benzene rings is 5. The molecule has 0 bridgehead atoms. The van der Waals surface area contributed by atoms with E-state index >= 15 is 0 Å². The fourth-order valence-corrected chi connectivity index (χ4v) is 5.92. The van der Waals surface area contributed by atoms with Crippen LogP contribution < -0.4 is 0 Å². The first-order valence-electron chi connectivity index (χ1n) is 13.2. The third kappa shape index (κ3) is 3.28. The summed E-state index contributed by atoms with van der Waals surface area (Å²) in [5, 5.41) is 13.8. The minimum atomic E-state index is 0.414. The molecule has 0 saturated carbocycles. The summed E-state index contributed by atoms with van der Waals surface area (Å²) in [4.78, 5) is 4.10. The third-order valence-electron chi connectivity index (χ3n) is 7.73. The first-order valence-corrected chi connectivity index (χ1v) is 13.2. The van der Waals surface area contributed by atoms with Gasteiger partial charge in [0.25, 0.3) is 0 Å². The summed E-state index contributed by atoms with van der Waals surface area (Å²) in [6.07, 6.45) is 1.68. The van der Waals surface area contributed by atoms with E-state index in [9.17, 15) is 5.26 Å². The second-order valence-electron chi connectivity index (χ2n) is 9.92. The molecule has 0 aliphatic carbocycles. The van der Waals surface area contributed by atoms with Crippen LogP contribution in [0.1, 0.15) is 5.69 Å². The number of nitriles is 1. The summed E-state index contributed by atoms with van der Waals surface area (Å²) < 4.78 is 8.82. The number of pyridine rings is 1. The molecule has 0 amide bonds. The number of hydrogen-bond acceptors (Lipinski definition) is 3. The molecule has 4 nitrogen and oxygen atoms in total. The van der Waals surface area contributed by atoms with E-state index < -0.39 is 0 Å². The topological polar surface area (TPSA) is 54.8 Å². The van der Waals surface area contributed by atoms with Crippen LogP contribution in [0.2, 0.25) is 0 Å². The van der Waals surface area contributed by atoms with Gasteiger partial charge in [0.05, 0.1) is 22.1 Å². The molecule has 0 N–H and O–H groups in total. The molecule has 40 heavy (non-hydrogen) atoms. The molecule has 3 heterocycles. The molecule has 0 fully saturated rings. The van der Waals surface area contributed by atoms with Crippen LogP contribution in [0.3, 0.4) is 0 Å². The van der Waals surface area contributed by atoms with Crippen LogP contribution in [-0.2, 0) is 0 Å². The summed E-state index contributed by atoms with van der Waals surface area (Å²) >= 11 is 0. The Bertz CT molecular complexity index is 2280. The molecule has 0 radical (unpaired) electrons. The van der Waals surface area contributed by atoms with Crippen LogP contribution in [0.25, 0.3) is 71.7 Å². The average Bonchev–Trinajstić information content (AvgIpc) is 3.57. The van der Waals surface area contributed by atoms with E-state index in [0.29, 0.717) is 5.69 Å². The lowest BCUT2D eigenvalue weighted by atomic mass is 9.99. The number of aromatic nitrogens is 2. The maximum atomic E-state index is 9.25. The number of fused-ring (bicyclic) bond motifs is 7. The lowest BCUT2D eigenvalue weighted by molar-refractivity contribution is 0.673.